The monoisotopic (exact) mass is 556 g/mol. The van der Waals surface area contributed by atoms with Crippen LogP contribution in [0.5, 0.6) is 0 Å². The fraction of sp³-hybridized carbons (Fsp3) is 0.552. The third-order valence-electron chi connectivity index (χ3n) is 7.24. The maximum atomic E-state index is 12.0. The maximum absolute atomic E-state index is 12.0. The average Bonchev–Trinajstić information content (AvgIpc) is 2.98. The van der Waals surface area contributed by atoms with E-state index in [0.29, 0.717) is 6.54 Å². The Bertz CT molecular complexity index is 1100. The molecule has 1 atom stereocenters. The first-order valence-electron chi connectivity index (χ1n) is 12.7. The van der Waals surface area contributed by atoms with Crippen molar-refractivity contribution in [2.24, 2.45) is 0 Å². The minimum absolute atomic E-state index is 0.171. The van der Waals surface area contributed by atoms with E-state index in [0.717, 1.165) is 29.2 Å². The summed E-state index contributed by atoms with van der Waals surface area (Å²) in [5.41, 5.74) is 3.66. The molecule has 0 aliphatic heterocycles. The van der Waals surface area contributed by atoms with Crippen LogP contribution in [0.15, 0.2) is 40.9 Å². The Kier molecular flexibility index (Phi) is 8.39. The van der Waals surface area contributed by atoms with Crippen LogP contribution in [0.2, 0.25) is 0 Å². The van der Waals surface area contributed by atoms with E-state index in [4.69, 9.17) is 9.39 Å². The maximum Gasteiger partial charge on any atom is 0.407 e. The number of nitrogens with one attached hydrogen (secondary N) is 1. The van der Waals surface area contributed by atoms with E-state index < -0.39 is 16.8 Å². The molecule has 7 heteroatoms. The Hall–Kier alpha value is -1.83. The van der Waals surface area contributed by atoms with Gasteiger partial charge in [-0.1, -0.05) is 59.0 Å². The number of benzene rings is 2. The van der Waals surface area contributed by atoms with Crippen molar-refractivity contribution in [3.8, 4) is 11.1 Å². The molecule has 0 spiro atoms. The smallest absolute Gasteiger partial charge is 0.407 e. The molecule has 195 valence electrons. The molecule has 1 aliphatic rings. The van der Waals surface area contributed by atoms with Crippen LogP contribution in [0.1, 0.15) is 85.8 Å². The molecule has 3 rings (SSSR count). The standard InChI is InChI=1S/C29H40BBrNO4/c1-26(2,3)35-25(33)32-16-10-9-15-29(8)23-17-19(30-36-28(6,7)27(4,5)34)11-13-21(23)22-14-12-20(31)18-24(22)29/h11-14,17-18,34H,9-10,15-16H2,1-8H3,(H,32,33). The molecule has 0 saturated heterocycles. The van der Waals surface area contributed by atoms with Crippen molar-refractivity contribution < 1.29 is 19.3 Å². The molecule has 0 heterocycles. The zero-order valence-electron chi connectivity index (χ0n) is 22.9. The summed E-state index contributed by atoms with van der Waals surface area (Å²) in [5.74, 6) is 0. The van der Waals surface area contributed by atoms with Crippen molar-refractivity contribution in [3.05, 3.63) is 52.0 Å². The van der Waals surface area contributed by atoms with Gasteiger partial charge in [-0.2, -0.15) is 0 Å². The first-order chi connectivity index (χ1) is 16.5. The summed E-state index contributed by atoms with van der Waals surface area (Å²) in [6.07, 6.45) is 2.39. The number of ether oxygens (including phenoxy) is 1. The molecular weight excluding hydrogens is 517 g/mol. The minimum atomic E-state index is -0.982. The molecule has 1 unspecified atom stereocenters. The summed E-state index contributed by atoms with van der Waals surface area (Å²) in [5, 5.41) is 13.3. The van der Waals surface area contributed by atoms with Gasteiger partial charge in [0.05, 0.1) is 11.2 Å². The van der Waals surface area contributed by atoms with E-state index >= 15 is 0 Å². The predicted molar refractivity (Wildman–Crippen MR) is 151 cm³/mol. The molecule has 0 fully saturated rings. The number of alkyl carbamates (subject to hydrolysis) is 1. The topological polar surface area (TPSA) is 67.8 Å². The highest BCUT2D eigenvalue weighted by molar-refractivity contribution is 9.10. The van der Waals surface area contributed by atoms with Gasteiger partial charge in [-0.15, -0.1) is 0 Å². The quantitative estimate of drug-likeness (QED) is 0.283. The number of halogens is 1. The summed E-state index contributed by atoms with van der Waals surface area (Å²) in [4.78, 5) is 12.0. The summed E-state index contributed by atoms with van der Waals surface area (Å²) in [6, 6.07) is 13.0. The number of carbonyl (C=O) groups is 1. The molecule has 36 heavy (non-hydrogen) atoms. The van der Waals surface area contributed by atoms with E-state index in [2.05, 4.69) is 64.6 Å². The number of hydrogen-bond acceptors (Lipinski definition) is 4. The number of hydrogen-bond donors (Lipinski definition) is 2. The lowest BCUT2D eigenvalue weighted by Gasteiger charge is -2.37. The predicted octanol–water partition coefficient (Wildman–Crippen LogP) is 6.24. The molecular formula is C29H40BBrNO4. The van der Waals surface area contributed by atoms with Gasteiger partial charge >= 0.3 is 13.6 Å². The van der Waals surface area contributed by atoms with Crippen LogP contribution in [0, 0.1) is 0 Å². The molecule has 2 aromatic rings. The lowest BCUT2D eigenvalue weighted by Crippen LogP contribution is -2.49. The Balaban J connectivity index is 1.76. The highest BCUT2D eigenvalue weighted by Gasteiger charge is 2.40. The normalized spacial score (nSPS) is 17.4. The van der Waals surface area contributed by atoms with E-state index in [1.807, 2.05) is 34.6 Å². The van der Waals surface area contributed by atoms with Crippen molar-refractivity contribution in [1.82, 2.24) is 5.32 Å². The number of aliphatic hydroxyl groups is 1. The van der Waals surface area contributed by atoms with Gasteiger partial charge in [0.15, 0.2) is 0 Å². The zero-order valence-corrected chi connectivity index (χ0v) is 24.5. The average molecular weight is 557 g/mol. The Morgan fingerprint density at radius 2 is 1.61 bits per heavy atom. The van der Waals surface area contributed by atoms with Crippen molar-refractivity contribution >= 4 is 35.0 Å². The van der Waals surface area contributed by atoms with Gasteiger partial charge in [-0.25, -0.2) is 4.79 Å². The van der Waals surface area contributed by atoms with Gasteiger partial charge in [-0.3, -0.25) is 0 Å². The SMILES string of the molecule is CC(C)(C)OC(=O)NCCCCC1(C)c2cc(Br)ccc2-c2ccc([B]OC(C)(C)C(C)(C)O)cc21. The second kappa shape index (κ2) is 10.5. The van der Waals surface area contributed by atoms with Gasteiger partial charge < -0.3 is 19.8 Å². The number of rotatable bonds is 9. The van der Waals surface area contributed by atoms with Gasteiger partial charge in [0.1, 0.15) is 5.60 Å². The molecule has 5 nitrogen and oxygen atoms in total. The lowest BCUT2D eigenvalue weighted by molar-refractivity contribution is -0.0893. The van der Waals surface area contributed by atoms with Crippen LogP contribution >= 0.6 is 15.9 Å². The van der Waals surface area contributed by atoms with Crippen LogP contribution in [0.4, 0.5) is 4.79 Å². The first-order valence-corrected chi connectivity index (χ1v) is 13.5. The van der Waals surface area contributed by atoms with Crippen molar-refractivity contribution in [1.29, 1.82) is 0 Å². The van der Waals surface area contributed by atoms with Crippen LogP contribution in [-0.4, -0.2) is 42.0 Å². The van der Waals surface area contributed by atoms with Crippen LogP contribution in [0.3, 0.4) is 0 Å². The van der Waals surface area contributed by atoms with Gasteiger partial charge in [0, 0.05) is 16.4 Å². The summed E-state index contributed by atoms with van der Waals surface area (Å²) >= 11 is 3.66. The molecule has 0 aromatic heterocycles. The van der Waals surface area contributed by atoms with Crippen molar-refractivity contribution in [2.75, 3.05) is 6.54 Å². The van der Waals surface area contributed by atoms with Gasteiger partial charge in [0.25, 0.3) is 0 Å². The number of carbonyl (C=O) groups excluding carboxylic acids is 1. The third kappa shape index (κ3) is 6.53. The highest BCUT2D eigenvalue weighted by atomic mass is 79.9. The second-order valence-corrected chi connectivity index (χ2v) is 12.9. The summed E-state index contributed by atoms with van der Waals surface area (Å²) in [7, 11) is 1.75. The molecule has 1 amide bonds. The van der Waals surface area contributed by atoms with E-state index in [-0.39, 0.29) is 11.5 Å². The molecule has 0 saturated carbocycles. The second-order valence-electron chi connectivity index (χ2n) is 12.0. The van der Waals surface area contributed by atoms with Crippen LogP contribution in [-0.2, 0) is 14.8 Å². The Morgan fingerprint density at radius 3 is 2.22 bits per heavy atom. The molecule has 1 radical (unpaired) electrons. The molecule has 1 aliphatic carbocycles. The first kappa shape index (κ1) is 28.7. The number of fused-ring (bicyclic) bond motifs is 3. The highest BCUT2D eigenvalue weighted by Crippen LogP contribution is 2.51. The zero-order chi connectivity index (χ0) is 26.9. The van der Waals surface area contributed by atoms with E-state index in [9.17, 15) is 9.90 Å². The van der Waals surface area contributed by atoms with Crippen molar-refractivity contribution in [3.63, 3.8) is 0 Å². The number of amides is 1. The van der Waals surface area contributed by atoms with E-state index in [1.165, 1.54) is 22.3 Å². The Morgan fingerprint density at radius 1 is 1.00 bits per heavy atom. The fourth-order valence-corrected chi connectivity index (χ4v) is 4.78. The van der Waals surface area contributed by atoms with Crippen LogP contribution in [0.25, 0.3) is 11.1 Å². The fourth-order valence-electron chi connectivity index (χ4n) is 4.42. The summed E-state index contributed by atoms with van der Waals surface area (Å²) < 4.78 is 12.4. The van der Waals surface area contributed by atoms with Crippen LogP contribution < -0.4 is 10.8 Å². The number of unbranched alkanes of at least 4 members (excludes halogenated alkanes) is 1. The molecule has 0 bridgehead atoms. The largest absolute Gasteiger partial charge is 0.444 e. The van der Waals surface area contributed by atoms with Gasteiger partial charge in [0.2, 0.25) is 0 Å². The summed E-state index contributed by atoms with van der Waals surface area (Å²) in [6.45, 7) is 15.8. The molecule has 2 N–H and O–H groups in total. The Labute approximate surface area is 225 Å². The third-order valence-corrected chi connectivity index (χ3v) is 7.73. The molecule has 2 aromatic carbocycles. The lowest BCUT2D eigenvalue weighted by atomic mass is 9.74. The van der Waals surface area contributed by atoms with Crippen molar-refractivity contribution in [2.45, 2.75) is 96.9 Å². The minimum Gasteiger partial charge on any atom is -0.444 e. The van der Waals surface area contributed by atoms with E-state index in [1.54, 1.807) is 21.3 Å². The van der Waals surface area contributed by atoms with Gasteiger partial charge in [-0.05, 0) is 95.7 Å².